The van der Waals surface area contributed by atoms with E-state index < -0.39 is 0 Å². The second kappa shape index (κ2) is 4.08. The molecule has 0 spiro atoms. The molecular formula is C13H11ClN4O. The Hall–Kier alpha value is -1.85. The molecule has 1 aliphatic rings. The van der Waals surface area contributed by atoms with Crippen LogP contribution in [0.5, 0.6) is 0 Å². The van der Waals surface area contributed by atoms with Crippen LogP contribution in [0, 0.1) is 0 Å². The average molecular weight is 275 g/mol. The standard InChI is InChI=1S/C13H11ClN4O/c14-11-1-2-15-13-10(11)3-12(17-13)8-4-16-18(5-8)9-6-19-7-9/h1-5,9H,6-7H2,(H,15,17). The summed E-state index contributed by atoms with van der Waals surface area (Å²) in [7, 11) is 0. The monoisotopic (exact) mass is 274 g/mol. The van der Waals surface area contributed by atoms with E-state index in [0.717, 1.165) is 35.5 Å². The lowest BCUT2D eigenvalue weighted by atomic mass is 10.2. The van der Waals surface area contributed by atoms with Crippen LogP contribution in [0.3, 0.4) is 0 Å². The van der Waals surface area contributed by atoms with E-state index in [9.17, 15) is 0 Å². The molecule has 0 aliphatic carbocycles. The number of pyridine rings is 1. The second-order valence-electron chi connectivity index (χ2n) is 4.64. The van der Waals surface area contributed by atoms with E-state index in [1.54, 1.807) is 12.3 Å². The van der Waals surface area contributed by atoms with E-state index in [0.29, 0.717) is 11.1 Å². The van der Waals surface area contributed by atoms with Gasteiger partial charge in [-0.1, -0.05) is 11.6 Å². The van der Waals surface area contributed by atoms with Crippen molar-refractivity contribution in [2.75, 3.05) is 13.2 Å². The first-order valence-corrected chi connectivity index (χ1v) is 6.44. The smallest absolute Gasteiger partial charge is 0.139 e. The molecule has 0 amide bonds. The number of halogens is 1. The van der Waals surface area contributed by atoms with Gasteiger partial charge in [0.05, 0.1) is 36.2 Å². The first kappa shape index (κ1) is 11.0. The Balaban J connectivity index is 1.77. The summed E-state index contributed by atoms with van der Waals surface area (Å²) < 4.78 is 7.12. The molecule has 0 radical (unpaired) electrons. The van der Waals surface area contributed by atoms with E-state index in [1.165, 1.54) is 0 Å². The lowest BCUT2D eigenvalue weighted by Gasteiger charge is -2.25. The fourth-order valence-corrected chi connectivity index (χ4v) is 2.40. The molecule has 3 aromatic rings. The summed E-state index contributed by atoms with van der Waals surface area (Å²) in [6.45, 7) is 1.47. The van der Waals surface area contributed by atoms with Gasteiger partial charge in [-0.25, -0.2) is 4.98 Å². The van der Waals surface area contributed by atoms with Crippen LogP contribution in [0.1, 0.15) is 6.04 Å². The molecule has 0 bridgehead atoms. The highest BCUT2D eigenvalue weighted by molar-refractivity contribution is 6.35. The third kappa shape index (κ3) is 1.74. The number of H-pyrrole nitrogens is 1. The summed E-state index contributed by atoms with van der Waals surface area (Å²) in [4.78, 5) is 7.53. The SMILES string of the molecule is Clc1ccnc2[nH]c(-c3cnn(C4COC4)c3)cc12. The number of nitrogens with zero attached hydrogens (tertiary/aromatic N) is 3. The molecule has 3 aromatic heterocycles. The lowest BCUT2D eigenvalue weighted by molar-refractivity contribution is -0.0286. The Kier molecular flexibility index (Phi) is 2.36. The maximum atomic E-state index is 6.15. The summed E-state index contributed by atoms with van der Waals surface area (Å²) >= 11 is 6.15. The third-order valence-corrected chi connectivity index (χ3v) is 3.72. The van der Waals surface area contributed by atoms with Gasteiger partial charge in [-0.05, 0) is 12.1 Å². The van der Waals surface area contributed by atoms with Crippen molar-refractivity contribution in [3.63, 3.8) is 0 Å². The zero-order valence-electron chi connectivity index (χ0n) is 10.0. The summed E-state index contributed by atoms with van der Waals surface area (Å²) in [6, 6.07) is 4.15. The summed E-state index contributed by atoms with van der Waals surface area (Å²) in [5, 5.41) is 6.00. The van der Waals surface area contributed by atoms with Crippen molar-refractivity contribution in [1.29, 1.82) is 0 Å². The second-order valence-corrected chi connectivity index (χ2v) is 5.05. The number of rotatable bonds is 2. The molecule has 1 fully saturated rings. The minimum atomic E-state index is 0.361. The minimum absolute atomic E-state index is 0.361. The average Bonchev–Trinajstić information content (AvgIpc) is 2.93. The van der Waals surface area contributed by atoms with E-state index >= 15 is 0 Å². The quantitative estimate of drug-likeness (QED) is 0.782. The van der Waals surface area contributed by atoms with E-state index in [2.05, 4.69) is 15.1 Å². The van der Waals surface area contributed by atoms with Crippen LogP contribution in [-0.4, -0.2) is 33.0 Å². The lowest BCUT2D eigenvalue weighted by Crippen LogP contribution is -2.30. The Morgan fingerprint density at radius 3 is 3.05 bits per heavy atom. The number of fused-ring (bicyclic) bond motifs is 1. The molecule has 0 aromatic carbocycles. The van der Waals surface area contributed by atoms with Gasteiger partial charge >= 0.3 is 0 Å². The van der Waals surface area contributed by atoms with Crippen LogP contribution in [0.2, 0.25) is 5.02 Å². The zero-order valence-corrected chi connectivity index (χ0v) is 10.8. The Bertz CT molecular complexity index is 744. The molecule has 1 aliphatic heterocycles. The van der Waals surface area contributed by atoms with Crippen molar-refractivity contribution in [2.24, 2.45) is 0 Å². The fourth-order valence-electron chi connectivity index (χ4n) is 2.20. The maximum absolute atomic E-state index is 6.15. The first-order chi connectivity index (χ1) is 9.31. The molecule has 19 heavy (non-hydrogen) atoms. The Morgan fingerprint density at radius 1 is 1.42 bits per heavy atom. The maximum Gasteiger partial charge on any atom is 0.139 e. The topological polar surface area (TPSA) is 55.7 Å². The fraction of sp³-hybridized carbons (Fsp3) is 0.231. The van der Waals surface area contributed by atoms with E-state index in [4.69, 9.17) is 16.3 Å². The molecule has 4 heterocycles. The Labute approximate surface area is 114 Å². The molecule has 1 saturated heterocycles. The van der Waals surface area contributed by atoms with Crippen molar-refractivity contribution >= 4 is 22.6 Å². The molecular weight excluding hydrogens is 264 g/mol. The van der Waals surface area contributed by atoms with Gasteiger partial charge in [0.1, 0.15) is 5.65 Å². The Morgan fingerprint density at radius 2 is 2.32 bits per heavy atom. The van der Waals surface area contributed by atoms with Crippen molar-refractivity contribution in [3.05, 3.63) is 35.7 Å². The predicted molar refractivity (Wildman–Crippen MR) is 72.2 cm³/mol. The van der Waals surface area contributed by atoms with Crippen LogP contribution >= 0.6 is 11.6 Å². The van der Waals surface area contributed by atoms with E-state index in [1.807, 2.05) is 23.1 Å². The number of nitrogens with one attached hydrogen (secondary N) is 1. The van der Waals surface area contributed by atoms with Gasteiger partial charge in [0.15, 0.2) is 0 Å². The van der Waals surface area contributed by atoms with Gasteiger partial charge in [0, 0.05) is 23.3 Å². The highest BCUT2D eigenvalue weighted by atomic mass is 35.5. The van der Waals surface area contributed by atoms with Gasteiger partial charge in [-0.3, -0.25) is 4.68 Å². The third-order valence-electron chi connectivity index (χ3n) is 3.39. The van der Waals surface area contributed by atoms with Crippen molar-refractivity contribution in [2.45, 2.75) is 6.04 Å². The largest absolute Gasteiger partial charge is 0.377 e. The molecule has 1 N–H and O–H groups in total. The number of aromatic nitrogens is 4. The molecule has 0 atom stereocenters. The van der Waals surface area contributed by atoms with Crippen molar-refractivity contribution in [1.82, 2.24) is 19.7 Å². The molecule has 0 saturated carbocycles. The van der Waals surface area contributed by atoms with Gasteiger partial charge < -0.3 is 9.72 Å². The van der Waals surface area contributed by atoms with Gasteiger partial charge in [0.2, 0.25) is 0 Å². The van der Waals surface area contributed by atoms with Crippen LogP contribution < -0.4 is 0 Å². The van der Waals surface area contributed by atoms with E-state index in [-0.39, 0.29) is 0 Å². The molecule has 0 unspecified atom stereocenters. The highest BCUT2D eigenvalue weighted by Crippen LogP contribution is 2.28. The first-order valence-electron chi connectivity index (χ1n) is 6.07. The van der Waals surface area contributed by atoms with Crippen LogP contribution in [-0.2, 0) is 4.74 Å². The number of ether oxygens (including phenoxy) is 1. The molecule has 6 heteroatoms. The number of aromatic amines is 1. The molecule has 5 nitrogen and oxygen atoms in total. The predicted octanol–water partition coefficient (Wildman–Crippen LogP) is 2.65. The van der Waals surface area contributed by atoms with Crippen molar-refractivity contribution < 1.29 is 4.74 Å². The summed E-state index contributed by atoms with van der Waals surface area (Å²) in [6.07, 6.45) is 5.56. The van der Waals surface area contributed by atoms with Crippen LogP contribution in [0.25, 0.3) is 22.3 Å². The van der Waals surface area contributed by atoms with Gasteiger partial charge in [-0.2, -0.15) is 5.10 Å². The van der Waals surface area contributed by atoms with Crippen LogP contribution in [0.4, 0.5) is 0 Å². The summed E-state index contributed by atoms with van der Waals surface area (Å²) in [5.41, 5.74) is 2.80. The number of hydrogen-bond acceptors (Lipinski definition) is 3. The van der Waals surface area contributed by atoms with Gasteiger partial charge in [0.25, 0.3) is 0 Å². The minimum Gasteiger partial charge on any atom is -0.377 e. The van der Waals surface area contributed by atoms with Crippen molar-refractivity contribution in [3.8, 4) is 11.3 Å². The summed E-state index contributed by atoms with van der Waals surface area (Å²) in [5.74, 6) is 0. The van der Waals surface area contributed by atoms with Gasteiger partial charge in [-0.15, -0.1) is 0 Å². The number of hydrogen-bond donors (Lipinski definition) is 1. The molecule has 4 rings (SSSR count). The highest BCUT2D eigenvalue weighted by Gasteiger charge is 2.21. The van der Waals surface area contributed by atoms with Crippen LogP contribution in [0.15, 0.2) is 30.7 Å². The normalized spacial score (nSPS) is 15.8. The molecule has 96 valence electrons. The zero-order chi connectivity index (χ0) is 12.8.